The van der Waals surface area contributed by atoms with Crippen LogP contribution in [0.4, 0.5) is 0 Å². The maximum absolute atomic E-state index is 10.6. The number of ether oxygens (including phenoxy) is 1. The van der Waals surface area contributed by atoms with Crippen LogP contribution in [0.1, 0.15) is 10.4 Å². The van der Waals surface area contributed by atoms with Crippen LogP contribution in [-0.4, -0.2) is 27.7 Å². The molecule has 1 aromatic rings. The number of hydrogen-bond acceptors (Lipinski definition) is 3. The fourth-order valence-electron chi connectivity index (χ4n) is 0.912. The highest BCUT2D eigenvalue weighted by Gasteiger charge is 2.16. The highest BCUT2D eigenvalue weighted by atomic mass is 35.5. The molecule has 0 aliphatic carbocycles. The molecule has 0 saturated carbocycles. The summed E-state index contributed by atoms with van der Waals surface area (Å²) < 4.78 is 4.78. The Morgan fingerprint density at radius 1 is 1.31 bits per heavy atom. The van der Waals surface area contributed by atoms with E-state index in [0.29, 0.717) is 0 Å². The molecule has 0 radical (unpaired) electrons. The molecular formula is C9H6Cl2O5. The zero-order valence-electron chi connectivity index (χ0n) is 7.68. The van der Waals surface area contributed by atoms with Crippen molar-refractivity contribution in [3.8, 4) is 5.75 Å². The molecule has 16 heavy (non-hydrogen) atoms. The lowest BCUT2D eigenvalue weighted by atomic mass is 10.2. The summed E-state index contributed by atoms with van der Waals surface area (Å²) in [5.41, 5.74) is -1.65. The van der Waals surface area contributed by atoms with Gasteiger partial charge in [-0.15, -0.1) is 0 Å². The lowest BCUT2D eigenvalue weighted by Crippen LogP contribution is -2.20. The monoisotopic (exact) mass is 264 g/mol. The minimum absolute atomic E-state index is 0.0562. The molecule has 1 aromatic carbocycles. The average molecular weight is 265 g/mol. The summed E-state index contributed by atoms with van der Waals surface area (Å²) in [6.45, 7) is 0. The van der Waals surface area contributed by atoms with Crippen molar-refractivity contribution in [3.05, 3.63) is 28.8 Å². The number of carboxylic acid groups (broad SMARTS) is 2. The van der Waals surface area contributed by atoms with Gasteiger partial charge in [-0.1, -0.05) is 23.2 Å². The Hall–Kier alpha value is -1.46. The van der Waals surface area contributed by atoms with E-state index in [4.69, 9.17) is 38.2 Å². The molecule has 1 rings (SSSR count). The van der Waals surface area contributed by atoms with Crippen molar-refractivity contribution in [2.45, 2.75) is 5.56 Å². The van der Waals surface area contributed by atoms with Crippen LogP contribution in [0.3, 0.4) is 0 Å². The van der Waals surface area contributed by atoms with Gasteiger partial charge in [-0.25, -0.2) is 9.59 Å². The molecule has 2 N–H and O–H groups in total. The Bertz CT molecular complexity index is 432. The third-order valence-corrected chi connectivity index (χ3v) is 2.19. The SMILES string of the molecule is O=C(O)c1ccc(OC(Cl)C(=O)O)cc1Cl. The van der Waals surface area contributed by atoms with Gasteiger partial charge in [0.2, 0.25) is 0 Å². The molecule has 5 nitrogen and oxygen atoms in total. The topological polar surface area (TPSA) is 83.8 Å². The Morgan fingerprint density at radius 2 is 1.94 bits per heavy atom. The van der Waals surface area contributed by atoms with E-state index in [-0.39, 0.29) is 16.3 Å². The Morgan fingerprint density at radius 3 is 2.38 bits per heavy atom. The molecule has 0 spiro atoms. The van der Waals surface area contributed by atoms with Crippen LogP contribution in [0.5, 0.6) is 5.75 Å². The third-order valence-electron chi connectivity index (χ3n) is 1.60. The Labute approximate surface area is 100 Å². The number of hydrogen-bond donors (Lipinski definition) is 2. The van der Waals surface area contributed by atoms with Crippen molar-refractivity contribution in [1.29, 1.82) is 0 Å². The van der Waals surface area contributed by atoms with E-state index in [9.17, 15) is 9.59 Å². The predicted molar refractivity (Wildman–Crippen MR) is 56.3 cm³/mol. The van der Waals surface area contributed by atoms with E-state index in [1.54, 1.807) is 0 Å². The van der Waals surface area contributed by atoms with Crippen LogP contribution in [0, 0.1) is 0 Å². The molecule has 0 aliphatic heterocycles. The van der Waals surface area contributed by atoms with E-state index < -0.39 is 17.5 Å². The number of carbonyl (C=O) groups is 2. The Balaban J connectivity index is 2.89. The molecular weight excluding hydrogens is 259 g/mol. The van der Waals surface area contributed by atoms with Crippen molar-refractivity contribution in [3.63, 3.8) is 0 Å². The van der Waals surface area contributed by atoms with Gasteiger partial charge in [0.15, 0.2) is 0 Å². The van der Waals surface area contributed by atoms with Crippen LogP contribution in [-0.2, 0) is 4.79 Å². The van der Waals surface area contributed by atoms with E-state index in [0.717, 1.165) is 0 Å². The van der Waals surface area contributed by atoms with Gasteiger partial charge in [-0.05, 0) is 18.2 Å². The standard InChI is InChI=1S/C9H6Cl2O5/c10-6-3-4(16-7(11)9(14)15)1-2-5(6)8(12)13/h1-3,7H,(H,12,13)(H,14,15). The van der Waals surface area contributed by atoms with Crippen molar-refractivity contribution in [2.24, 2.45) is 0 Å². The smallest absolute Gasteiger partial charge is 0.360 e. The van der Waals surface area contributed by atoms with Crippen molar-refractivity contribution in [2.75, 3.05) is 0 Å². The number of benzene rings is 1. The molecule has 86 valence electrons. The van der Waals surface area contributed by atoms with Gasteiger partial charge in [-0.3, -0.25) is 0 Å². The first-order valence-electron chi connectivity index (χ1n) is 3.98. The minimum Gasteiger partial charge on any atom is -0.478 e. The number of carboxylic acids is 2. The zero-order valence-corrected chi connectivity index (χ0v) is 9.20. The van der Waals surface area contributed by atoms with Crippen LogP contribution in [0.15, 0.2) is 18.2 Å². The fourth-order valence-corrected chi connectivity index (χ4v) is 1.27. The van der Waals surface area contributed by atoms with Gasteiger partial charge >= 0.3 is 11.9 Å². The average Bonchev–Trinajstić information content (AvgIpc) is 2.16. The second-order valence-electron chi connectivity index (χ2n) is 2.72. The van der Waals surface area contributed by atoms with Gasteiger partial charge in [-0.2, -0.15) is 0 Å². The number of alkyl halides is 1. The van der Waals surface area contributed by atoms with Crippen molar-refractivity contribution < 1.29 is 24.5 Å². The normalized spacial score (nSPS) is 11.9. The zero-order chi connectivity index (χ0) is 12.3. The fraction of sp³-hybridized carbons (Fsp3) is 0.111. The molecule has 0 fully saturated rings. The summed E-state index contributed by atoms with van der Waals surface area (Å²) in [6, 6.07) is 3.66. The van der Waals surface area contributed by atoms with E-state index >= 15 is 0 Å². The van der Waals surface area contributed by atoms with Gasteiger partial charge < -0.3 is 14.9 Å². The largest absolute Gasteiger partial charge is 0.478 e. The van der Waals surface area contributed by atoms with Crippen molar-refractivity contribution in [1.82, 2.24) is 0 Å². The summed E-state index contributed by atoms with van der Waals surface area (Å²) in [5.74, 6) is -2.45. The maximum Gasteiger partial charge on any atom is 0.360 e. The molecule has 0 amide bonds. The van der Waals surface area contributed by atoms with Crippen LogP contribution >= 0.6 is 23.2 Å². The lowest BCUT2D eigenvalue weighted by Gasteiger charge is -2.09. The van der Waals surface area contributed by atoms with Crippen LogP contribution < -0.4 is 4.74 Å². The molecule has 0 aliphatic rings. The summed E-state index contributed by atoms with van der Waals surface area (Å²) in [5, 5.41) is 17.1. The van der Waals surface area contributed by atoms with Crippen molar-refractivity contribution >= 4 is 35.1 Å². The number of rotatable bonds is 4. The second kappa shape index (κ2) is 5.05. The van der Waals surface area contributed by atoms with E-state index in [1.165, 1.54) is 18.2 Å². The first kappa shape index (κ1) is 12.6. The maximum atomic E-state index is 10.6. The quantitative estimate of drug-likeness (QED) is 0.814. The molecule has 1 unspecified atom stereocenters. The summed E-state index contributed by atoms with van der Waals surface area (Å²) in [6.07, 6.45) is 0. The summed E-state index contributed by atoms with van der Waals surface area (Å²) >= 11 is 11.0. The summed E-state index contributed by atoms with van der Waals surface area (Å²) in [4.78, 5) is 21.0. The van der Waals surface area contributed by atoms with E-state index in [1.807, 2.05) is 0 Å². The van der Waals surface area contributed by atoms with Gasteiger partial charge in [0.05, 0.1) is 10.6 Å². The molecule has 0 bridgehead atoms. The number of aliphatic carboxylic acids is 1. The van der Waals surface area contributed by atoms with Gasteiger partial charge in [0, 0.05) is 0 Å². The first-order chi connectivity index (χ1) is 7.41. The number of aromatic carboxylic acids is 1. The molecule has 0 saturated heterocycles. The number of halogens is 2. The second-order valence-corrected chi connectivity index (χ2v) is 3.52. The van der Waals surface area contributed by atoms with Gasteiger partial charge in [0.1, 0.15) is 5.75 Å². The minimum atomic E-state index is -1.55. The predicted octanol–water partition coefficient (Wildman–Crippen LogP) is 2.07. The summed E-state index contributed by atoms with van der Waals surface area (Å²) in [7, 11) is 0. The van der Waals surface area contributed by atoms with Gasteiger partial charge in [0.25, 0.3) is 5.56 Å². The molecule has 7 heteroatoms. The first-order valence-corrected chi connectivity index (χ1v) is 4.79. The van der Waals surface area contributed by atoms with Crippen LogP contribution in [0.25, 0.3) is 0 Å². The highest BCUT2D eigenvalue weighted by Crippen LogP contribution is 2.23. The lowest BCUT2D eigenvalue weighted by molar-refractivity contribution is -0.141. The molecule has 0 heterocycles. The third kappa shape index (κ3) is 3.01. The molecule has 1 atom stereocenters. The highest BCUT2D eigenvalue weighted by molar-refractivity contribution is 6.33. The molecule has 0 aromatic heterocycles. The van der Waals surface area contributed by atoms with E-state index in [2.05, 4.69) is 0 Å². The van der Waals surface area contributed by atoms with Crippen LogP contribution in [0.2, 0.25) is 5.02 Å². The Kier molecular flexibility index (Phi) is 3.98.